The third kappa shape index (κ3) is 3.01. The van der Waals surface area contributed by atoms with Crippen molar-refractivity contribution in [1.29, 1.82) is 0 Å². The van der Waals surface area contributed by atoms with Crippen molar-refractivity contribution in [2.75, 3.05) is 0 Å². The molecule has 0 radical (unpaired) electrons. The first-order chi connectivity index (χ1) is 8.56. The molecule has 0 saturated carbocycles. The van der Waals surface area contributed by atoms with Crippen LogP contribution in [0.3, 0.4) is 0 Å². The molecule has 0 amide bonds. The fraction of sp³-hybridized carbons (Fsp3) is 0.214. The maximum atomic E-state index is 11.3. The standard InChI is InChI=1S/C14H13BrN2O/c1-9-13(10(2)18)8-16-14(17-9)7-11-4-3-5-12(15)6-11/h3-6,8H,7H2,1-2H3. The zero-order valence-electron chi connectivity index (χ0n) is 10.3. The van der Waals surface area contributed by atoms with Crippen LogP contribution in [0.15, 0.2) is 34.9 Å². The van der Waals surface area contributed by atoms with Crippen molar-refractivity contribution in [1.82, 2.24) is 9.97 Å². The molecule has 4 heteroatoms. The van der Waals surface area contributed by atoms with Gasteiger partial charge in [-0.3, -0.25) is 4.79 Å². The van der Waals surface area contributed by atoms with Crippen LogP contribution >= 0.6 is 15.9 Å². The fourth-order valence-electron chi connectivity index (χ4n) is 1.78. The number of ketones is 1. The minimum absolute atomic E-state index is 0.00139. The second kappa shape index (κ2) is 5.40. The fourth-order valence-corrected chi connectivity index (χ4v) is 2.22. The van der Waals surface area contributed by atoms with Gasteiger partial charge in [0.05, 0.1) is 11.3 Å². The van der Waals surface area contributed by atoms with E-state index < -0.39 is 0 Å². The molecule has 1 aromatic carbocycles. The molecule has 1 aromatic heterocycles. The number of Topliss-reactive ketones (excluding diaryl/α,β-unsaturated/α-hetero) is 1. The highest BCUT2D eigenvalue weighted by atomic mass is 79.9. The Morgan fingerprint density at radius 1 is 1.39 bits per heavy atom. The summed E-state index contributed by atoms with van der Waals surface area (Å²) in [7, 11) is 0. The van der Waals surface area contributed by atoms with Gasteiger partial charge in [-0.25, -0.2) is 9.97 Å². The van der Waals surface area contributed by atoms with Gasteiger partial charge in [0.25, 0.3) is 0 Å². The lowest BCUT2D eigenvalue weighted by Crippen LogP contribution is -2.05. The summed E-state index contributed by atoms with van der Waals surface area (Å²) < 4.78 is 1.04. The van der Waals surface area contributed by atoms with Crippen molar-refractivity contribution in [2.24, 2.45) is 0 Å². The Balaban J connectivity index is 2.25. The van der Waals surface area contributed by atoms with Crippen LogP contribution in [-0.2, 0) is 6.42 Å². The summed E-state index contributed by atoms with van der Waals surface area (Å²) in [5.74, 6) is 0.733. The zero-order valence-corrected chi connectivity index (χ0v) is 11.9. The number of carbonyl (C=O) groups is 1. The van der Waals surface area contributed by atoms with E-state index in [4.69, 9.17) is 0 Å². The van der Waals surface area contributed by atoms with Crippen molar-refractivity contribution >= 4 is 21.7 Å². The topological polar surface area (TPSA) is 42.9 Å². The Labute approximate surface area is 114 Å². The lowest BCUT2D eigenvalue weighted by molar-refractivity contribution is 0.101. The molecule has 0 bridgehead atoms. The van der Waals surface area contributed by atoms with E-state index in [1.807, 2.05) is 31.2 Å². The van der Waals surface area contributed by atoms with Crippen LogP contribution in [0.1, 0.15) is 34.4 Å². The minimum Gasteiger partial charge on any atom is -0.294 e. The van der Waals surface area contributed by atoms with Crippen LogP contribution in [0, 0.1) is 6.92 Å². The predicted molar refractivity (Wildman–Crippen MR) is 73.7 cm³/mol. The van der Waals surface area contributed by atoms with E-state index in [0.717, 1.165) is 21.6 Å². The monoisotopic (exact) mass is 304 g/mol. The third-order valence-electron chi connectivity index (χ3n) is 2.66. The van der Waals surface area contributed by atoms with Crippen LogP contribution in [0.2, 0.25) is 0 Å². The summed E-state index contributed by atoms with van der Waals surface area (Å²) in [4.78, 5) is 19.9. The average molecular weight is 305 g/mol. The number of nitrogens with zero attached hydrogens (tertiary/aromatic N) is 2. The minimum atomic E-state index is 0.00139. The number of aromatic nitrogens is 2. The van der Waals surface area contributed by atoms with Gasteiger partial charge in [0.1, 0.15) is 5.82 Å². The highest BCUT2D eigenvalue weighted by Crippen LogP contribution is 2.14. The molecule has 2 rings (SSSR count). The van der Waals surface area contributed by atoms with Crippen molar-refractivity contribution in [3.8, 4) is 0 Å². The number of hydrogen-bond donors (Lipinski definition) is 0. The first kappa shape index (κ1) is 12.9. The van der Waals surface area contributed by atoms with E-state index >= 15 is 0 Å². The summed E-state index contributed by atoms with van der Waals surface area (Å²) in [5, 5.41) is 0. The summed E-state index contributed by atoms with van der Waals surface area (Å²) in [5.41, 5.74) is 2.47. The third-order valence-corrected chi connectivity index (χ3v) is 3.15. The number of aryl methyl sites for hydroxylation is 1. The second-order valence-corrected chi connectivity index (χ2v) is 5.06. The Bertz CT molecular complexity index is 596. The van der Waals surface area contributed by atoms with Gasteiger partial charge >= 0.3 is 0 Å². The predicted octanol–water partition coefficient (Wildman–Crippen LogP) is 3.34. The number of rotatable bonds is 3. The molecule has 3 nitrogen and oxygen atoms in total. The van der Waals surface area contributed by atoms with E-state index in [1.165, 1.54) is 6.92 Å². The van der Waals surface area contributed by atoms with Crippen LogP contribution in [-0.4, -0.2) is 15.8 Å². The normalized spacial score (nSPS) is 10.4. The van der Waals surface area contributed by atoms with E-state index in [-0.39, 0.29) is 5.78 Å². The molecule has 0 aliphatic carbocycles. The Hall–Kier alpha value is -1.55. The first-order valence-electron chi connectivity index (χ1n) is 5.64. The Morgan fingerprint density at radius 3 is 2.78 bits per heavy atom. The molecule has 18 heavy (non-hydrogen) atoms. The highest BCUT2D eigenvalue weighted by Gasteiger charge is 2.07. The van der Waals surface area contributed by atoms with E-state index in [0.29, 0.717) is 12.0 Å². The maximum absolute atomic E-state index is 11.3. The molecule has 0 spiro atoms. The van der Waals surface area contributed by atoms with E-state index in [1.54, 1.807) is 6.20 Å². The molecule has 0 atom stereocenters. The van der Waals surface area contributed by atoms with Crippen molar-refractivity contribution in [3.05, 3.63) is 57.6 Å². The average Bonchev–Trinajstić information content (AvgIpc) is 2.28. The molecule has 0 fully saturated rings. The van der Waals surface area contributed by atoms with Crippen LogP contribution in [0.5, 0.6) is 0 Å². The lowest BCUT2D eigenvalue weighted by Gasteiger charge is -2.05. The molecule has 92 valence electrons. The van der Waals surface area contributed by atoms with Gasteiger partial charge in [0.2, 0.25) is 0 Å². The summed E-state index contributed by atoms with van der Waals surface area (Å²) >= 11 is 3.44. The lowest BCUT2D eigenvalue weighted by atomic mass is 10.1. The molecule has 2 aromatic rings. The van der Waals surface area contributed by atoms with Gasteiger partial charge in [-0.15, -0.1) is 0 Å². The summed E-state index contributed by atoms with van der Waals surface area (Å²) in [6.07, 6.45) is 2.27. The molecular formula is C14H13BrN2O. The number of hydrogen-bond acceptors (Lipinski definition) is 3. The molecule has 0 aliphatic rings. The van der Waals surface area contributed by atoms with Crippen molar-refractivity contribution < 1.29 is 4.79 Å². The van der Waals surface area contributed by atoms with Gasteiger partial charge in [-0.05, 0) is 31.5 Å². The zero-order chi connectivity index (χ0) is 13.1. The summed E-state index contributed by atoms with van der Waals surface area (Å²) in [6.45, 7) is 3.36. The van der Waals surface area contributed by atoms with E-state index in [9.17, 15) is 4.79 Å². The van der Waals surface area contributed by atoms with Gasteiger partial charge in [-0.1, -0.05) is 28.1 Å². The number of carbonyl (C=O) groups excluding carboxylic acids is 1. The molecular weight excluding hydrogens is 292 g/mol. The highest BCUT2D eigenvalue weighted by molar-refractivity contribution is 9.10. The van der Waals surface area contributed by atoms with Crippen molar-refractivity contribution in [3.63, 3.8) is 0 Å². The SMILES string of the molecule is CC(=O)c1cnc(Cc2cccc(Br)c2)nc1C. The quantitative estimate of drug-likeness (QED) is 0.817. The van der Waals surface area contributed by atoms with Crippen LogP contribution < -0.4 is 0 Å². The van der Waals surface area contributed by atoms with Gasteiger partial charge < -0.3 is 0 Å². The van der Waals surface area contributed by atoms with Crippen LogP contribution in [0.4, 0.5) is 0 Å². The smallest absolute Gasteiger partial charge is 0.163 e. The Kier molecular flexibility index (Phi) is 3.87. The summed E-state index contributed by atoms with van der Waals surface area (Å²) in [6, 6.07) is 8.03. The van der Waals surface area contributed by atoms with Gasteiger partial charge in [0.15, 0.2) is 5.78 Å². The van der Waals surface area contributed by atoms with Gasteiger partial charge in [0, 0.05) is 17.1 Å². The van der Waals surface area contributed by atoms with Gasteiger partial charge in [-0.2, -0.15) is 0 Å². The van der Waals surface area contributed by atoms with Crippen molar-refractivity contribution in [2.45, 2.75) is 20.3 Å². The molecule has 1 heterocycles. The molecule has 0 saturated heterocycles. The second-order valence-electron chi connectivity index (χ2n) is 4.15. The number of halogens is 1. The maximum Gasteiger partial charge on any atom is 0.163 e. The van der Waals surface area contributed by atoms with Crippen LogP contribution in [0.25, 0.3) is 0 Å². The molecule has 0 N–H and O–H groups in total. The first-order valence-corrected chi connectivity index (χ1v) is 6.43. The molecule has 0 unspecified atom stereocenters. The number of benzene rings is 1. The van der Waals surface area contributed by atoms with E-state index in [2.05, 4.69) is 25.9 Å². The molecule has 0 aliphatic heterocycles. The Morgan fingerprint density at radius 2 is 2.17 bits per heavy atom. The largest absolute Gasteiger partial charge is 0.294 e.